The molecule has 0 aromatic carbocycles. The highest BCUT2D eigenvalue weighted by molar-refractivity contribution is 5.67. The predicted octanol–water partition coefficient (Wildman–Crippen LogP) is 3.65. The van der Waals surface area contributed by atoms with Crippen LogP contribution in [-0.4, -0.2) is 45.5 Å². The van der Waals surface area contributed by atoms with Gasteiger partial charge >= 0.3 is 0 Å². The van der Waals surface area contributed by atoms with Gasteiger partial charge in [-0.25, -0.2) is 15.0 Å². The van der Waals surface area contributed by atoms with E-state index >= 15 is 0 Å². The van der Waals surface area contributed by atoms with E-state index in [1.54, 1.807) is 0 Å². The molecular weight excluding hydrogens is 336 g/mol. The first-order valence-corrected chi connectivity index (χ1v) is 9.76. The predicted molar refractivity (Wildman–Crippen MR) is 110 cm³/mol. The van der Waals surface area contributed by atoms with E-state index in [1.165, 1.54) is 12.8 Å². The molecule has 0 unspecified atom stereocenters. The Morgan fingerprint density at radius 2 is 1.89 bits per heavy atom. The molecule has 4 heterocycles. The minimum Gasteiger partial charge on any atom is -0.353 e. The number of hydrogen-bond acceptors (Lipinski definition) is 5. The molecule has 0 saturated carbocycles. The average Bonchev–Trinajstić information content (AvgIpc) is 3.20. The number of pyridine rings is 1. The number of allylic oxidation sites excluding steroid dienone is 1. The third kappa shape index (κ3) is 3.94. The van der Waals surface area contributed by atoms with Crippen molar-refractivity contribution in [3.63, 3.8) is 0 Å². The second-order valence-electron chi connectivity index (χ2n) is 6.85. The fourth-order valence-corrected chi connectivity index (χ4v) is 3.44. The molecule has 0 atom stereocenters. The number of anilines is 2. The van der Waals surface area contributed by atoms with Gasteiger partial charge in [0, 0.05) is 51.0 Å². The molecule has 0 bridgehead atoms. The standard InChI is InChI=1S/C21H26N6/c1-2-3-4-5-8-18-17-27-12-11-23-20(27)21(24-18)26-15-13-25(14-16-26)19-9-6-7-10-22-19/h5-12,17H,2-4,13-16H2,1H3/b8-5+. The lowest BCUT2D eigenvalue weighted by molar-refractivity contribution is 0.641. The fraction of sp³-hybridized carbons (Fsp3) is 0.381. The summed E-state index contributed by atoms with van der Waals surface area (Å²) in [7, 11) is 0. The van der Waals surface area contributed by atoms with E-state index in [-0.39, 0.29) is 0 Å². The number of aromatic nitrogens is 4. The average molecular weight is 362 g/mol. The van der Waals surface area contributed by atoms with Crippen LogP contribution in [0.3, 0.4) is 0 Å². The van der Waals surface area contributed by atoms with Gasteiger partial charge in [-0.1, -0.05) is 31.9 Å². The van der Waals surface area contributed by atoms with Gasteiger partial charge in [-0.3, -0.25) is 0 Å². The molecular formula is C21H26N6. The summed E-state index contributed by atoms with van der Waals surface area (Å²) in [6.07, 6.45) is 15.6. The summed E-state index contributed by atoms with van der Waals surface area (Å²) in [6.45, 7) is 5.90. The molecule has 0 spiro atoms. The lowest BCUT2D eigenvalue weighted by Gasteiger charge is -2.36. The van der Waals surface area contributed by atoms with Crippen LogP contribution in [0, 0.1) is 0 Å². The van der Waals surface area contributed by atoms with Crippen molar-refractivity contribution in [2.75, 3.05) is 36.0 Å². The van der Waals surface area contributed by atoms with Gasteiger partial charge in [-0.05, 0) is 24.6 Å². The van der Waals surface area contributed by atoms with Crippen LogP contribution < -0.4 is 9.80 Å². The zero-order chi connectivity index (χ0) is 18.5. The first-order chi connectivity index (χ1) is 13.3. The molecule has 1 aliphatic rings. The van der Waals surface area contributed by atoms with Crippen molar-refractivity contribution in [1.29, 1.82) is 0 Å². The van der Waals surface area contributed by atoms with E-state index in [9.17, 15) is 0 Å². The maximum Gasteiger partial charge on any atom is 0.180 e. The fourth-order valence-electron chi connectivity index (χ4n) is 3.44. The molecule has 4 rings (SSSR count). The zero-order valence-electron chi connectivity index (χ0n) is 15.8. The van der Waals surface area contributed by atoms with Crippen LogP contribution in [0.1, 0.15) is 31.9 Å². The van der Waals surface area contributed by atoms with Gasteiger partial charge in [0.25, 0.3) is 0 Å². The Kier molecular flexibility index (Phi) is 5.32. The number of piperazine rings is 1. The van der Waals surface area contributed by atoms with E-state index < -0.39 is 0 Å². The number of hydrogen-bond donors (Lipinski definition) is 0. The Morgan fingerprint density at radius 1 is 1.04 bits per heavy atom. The third-order valence-electron chi connectivity index (χ3n) is 4.94. The van der Waals surface area contributed by atoms with Crippen LogP contribution in [0.5, 0.6) is 0 Å². The van der Waals surface area contributed by atoms with E-state index in [4.69, 9.17) is 4.98 Å². The molecule has 0 radical (unpaired) electrons. The smallest absolute Gasteiger partial charge is 0.180 e. The minimum absolute atomic E-state index is 0.912. The quantitative estimate of drug-likeness (QED) is 0.627. The number of nitrogens with zero attached hydrogens (tertiary/aromatic N) is 6. The van der Waals surface area contributed by atoms with E-state index in [0.717, 1.165) is 55.6 Å². The van der Waals surface area contributed by atoms with Crippen molar-refractivity contribution >= 4 is 23.4 Å². The topological polar surface area (TPSA) is 49.6 Å². The maximum atomic E-state index is 4.91. The van der Waals surface area contributed by atoms with Gasteiger partial charge in [0.15, 0.2) is 11.5 Å². The van der Waals surface area contributed by atoms with E-state index in [1.807, 2.05) is 30.7 Å². The molecule has 27 heavy (non-hydrogen) atoms. The highest BCUT2D eigenvalue weighted by Gasteiger charge is 2.21. The molecule has 0 amide bonds. The SMILES string of the molecule is CCCC/C=C/c1cn2ccnc2c(N2CCN(c3ccccn3)CC2)n1. The number of rotatable bonds is 6. The second kappa shape index (κ2) is 8.20. The van der Waals surface area contributed by atoms with Crippen LogP contribution in [0.4, 0.5) is 11.6 Å². The van der Waals surface area contributed by atoms with Crippen LogP contribution in [0.25, 0.3) is 11.7 Å². The number of unbranched alkanes of at least 4 members (excludes halogenated alkanes) is 2. The van der Waals surface area contributed by atoms with Gasteiger partial charge in [-0.15, -0.1) is 0 Å². The first-order valence-electron chi connectivity index (χ1n) is 9.76. The van der Waals surface area contributed by atoms with Gasteiger partial charge in [-0.2, -0.15) is 0 Å². The summed E-state index contributed by atoms with van der Waals surface area (Å²) in [4.78, 5) is 18.6. The van der Waals surface area contributed by atoms with Crippen molar-refractivity contribution in [1.82, 2.24) is 19.4 Å². The molecule has 1 fully saturated rings. The molecule has 6 heteroatoms. The summed E-state index contributed by atoms with van der Waals surface area (Å²) in [5, 5.41) is 0. The van der Waals surface area contributed by atoms with Crippen LogP contribution >= 0.6 is 0 Å². The second-order valence-corrected chi connectivity index (χ2v) is 6.85. The molecule has 0 aliphatic carbocycles. The molecule has 140 valence electrons. The highest BCUT2D eigenvalue weighted by atomic mass is 15.3. The largest absolute Gasteiger partial charge is 0.353 e. The van der Waals surface area contributed by atoms with Crippen molar-refractivity contribution in [2.24, 2.45) is 0 Å². The lowest BCUT2D eigenvalue weighted by Crippen LogP contribution is -2.47. The Labute approximate surface area is 160 Å². The van der Waals surface area contributed by atoms with Crippen molar-refractivity contribution in [2.45, 2.75) is 26.2 Å². The summed E-state index contributed by atoms with van der Waals surface area (Å²) >= 11 is 0. The number of fused-ring (bicyclic) bond motifs is 1. The molecule has 1 aliphatic heterocycles. The lowest BCUT2D eigenvalue weighted by atomic mass is 10.2. The molecule has 6 nitrogen and oxygen atoms in total. The Balaban J connectivity index is 1.53. The van der Waals surface area contributed by atoms with Crippen molar-refractivity contribution in [3.8, 4) is 0 Å². The normalized spacial score (nSPS) is 15.1. The van der Waals surface area contributed by atoms with Gasteiger partial charge in [0.05, 0.1) is 5.69 Å². The summed E-state index contributed by atoms with van der Waals surface area (Å²) in [6, 6.07) is 6.07. The first kappa shape index (κ1) is 17.5. The van der Waals surface area contributed by atoms with Gasteiger partial charge < -0.3 is 14.2 Å². The zero-order valence-corrected chi connectivity index (χ0v) is 15.8. The third-order valence-corrected chi connectivity index (χ3v) is 4.94. The summed E-state index contributed by atoms with van der Waals surface area (Å²) in [5.74, 6) is 2.02. The van der Waals surface area contributed by atoms with Crippen molar-refractivity contribution in [3.05, 3.63) is 54.8 Å². The molecule has 0 N–H and O–H groups in total. The molecule has 3 aromatic rings. The number of imidazole rings is 1. The van der Waals surface area contributed by atoms with Gasteiger partial charge in [0.1, 0.15) is 5.82 Å². The van der Waals surface area contributed by atoms with Crippen LogP contribution in [-0.2, 0) is 0 Å². The minimum atomic E-state index is 0.912. The maximum absolute atomic E-state index is 4.91. The Morgan fingerprint density at radius 3 is 2.67 bits per heavy atom. The van der Waals surface area contributed by atoms with Gasteiger partial charge in [0.2, 0.25) is 0 Å². The molecule has 3 aromatic heterocycles. The highest BCUT2D eigenvalue weighted by Crippen LogP contribution is 2.22. The monoisotopic (exact) mass is 362 g/mol. The molecule has 1 saturated heterocycles. The van der Waals surface area contributed by atoms with Crippen LogP contribution in [0.15, 0.2) is 49.1 Å². The van der Waals surface area contributed by atoms with Crippen LogP contribution in [0.2, 0.25) is 0 Å². The summed E-state index contributed by atoms with van der Waals surface area (Å²) in [5.41, 5.74) is 1.91. The summed E-state index contributed by atoms with van der Waals surface area (Å²) < 4.78 is 2.08. The van der Waals surface area contributed by atoms with Crippen molar-refractivity contribution < 1.29 is 0 Å². The Hall–Kier alpha value is -2.89. The van der Waals surface area contributed by atoms with E-state index in [0.29, 0.717) is 0 Å². The Bertz CT molecular complexity index is 893. The van der Waals surface area contributed by atoms with E-state index in [2.05, 4.69) is 55.5 Å².